The van der Waals surface area contributed by atoms with Gasteiger partial charge in [0.05, 0.1) is 18.8 Å². The fourth-order valence-corrected chi connectivity index (χ4v) is 4.66. The second kappa shape index (κ2) is 7.28. The van der Waals surface area contributed by atoms with Gasteiger partial charge in [0.15, 0.2) is 0 Å². The van der Waals surface area contributed by atoms with Gasteiger partial charge in [-0.2, -0.15) is 0 Å². The van der Waals surface area contributed by atoms with Crippen molar-refractivity contribution in [2.24, 2.45) is 0 Å². The molecule has 2 unspecified atom stereocenters. The zero-order valence-corrected chi connectivity index (χ0v) is 15.4. The molecular weight excluding hydrogens is 332 g/mol. The molecule has 0 N–H and O–H groups in total. The Bertz CT molecular complexity index is 730. The van der Waals surface area contributed by atoms with Crippen LogP contribution in [0.5, 0.6) is 0 Å². The summed E-state index contributed by atoms with van der Waals surface area (Å²) in [6, 6.07) is 12.5. The second-order valence-electron chi connectivity index (χ2n) is 6.97. The highest BCUT2D eigenvalue weighted by atomic mass is 32.1. The van der Waals surface area contributed by atoms with Crippen molar-refractivity contribution in [3.8, 4) is 0 Å². The number of carbonyl (C=O) groups excluding carboxylic acids is 1. The van der Waals surface area contributed by atoms with E-state index in [1.165, 1.54) is 16.0 Å². The quantitative estimate of drug-likeness (QED) is 0.847. The van der Waals surface area contributed by atoms with Crippen molar-refractivity contribution in [1.29, 1.82) is 0 Å². The van der Waals surface area contributed by atoms with Crippen LogP contribution >= 0.6 is 11.3 Å². The smallest absolute Gasteiger partial charge is 0.237 e. The predicted octanol–water partition coefficient (Wildman–Crippen LogP) is 3.09. The molecule has 0 bridgehead atoms. The molecule has 1 saturated heterocycles. The molecule has 0 spiro atoms. The number of hydrogen-bond donors (Lipinski definition) is 0. The molecule has 2 aliphatic heterocycles. The van der Waals surface area contributed by atoms with Gasteiger partial charge in [0.1, 0.15) is 0 Å². The molecule has 1 amide bonds. The van der Waals surface area contributed by atoms with E-state index in [9.17, 15) is 4.79 Å². The molecule has 3 heterocycles. The highest BCUT2D eigenvalue weighted by Gasteiger charge is 2.29. The maximum absolute atomic E-state index is 12.8. The number of thiophene rings is 1. The van der Waals surface area contributed by atoms with E-state index in [2.05, 4.69) is 35.4 Å². The first-order valence-electron chi connectivity index (χ1n) is 8.95. The van der Waals surface area contributed by atoms with Gasteiger partial charge < -0.3 is 9.64 Å². The number of ether oxygens (including phenoxy) is 1. The molecule has 5 heteroatoms. The van der Waals surface area contributed by atoms with E-state index in [0.29, 0.717) is 6.54 Å². The summed E-state index contributed by atoms with van der Waals surface area (Å²) in [4.78, 5) is 18.5. The standard InChI is InChI=1S/C20H24N2O2S/c1-15-11-21(13-18(24-15)16-5-3-2-4-6-16)14-20(23)22-9-7-19-17(12-22)8-10-25-19/h2-6,8,10,15,18H,7,9,11-14H2,1H3. The van der Waals surface area contributed by atoms with Crippen LogP contribution in [0.15, 0.2) is 41.8 Å². The maximum Gasteiger partial charge on any atom is 0.237 e. The number of nitrogens with zero attached hydrogens (tertiary/aromatic N) is 2. The Morgan fingerprint density at radius 1 is 1.24 bits per heavy atom. The lowest BCUT2D eigenvalue weighted by Crippen LogP contribution is -2.48. The summed E-state index contributed by atoms with van der Waals surface area (Å²) < 4.78 is 6.10. The molecule has 132 valence electrons. The van der Waals surface area contributed by atoms with Crippen LogP contribution in [0.25, 0.3) is 0 Å². The van der Waals surface area contributed by atoms with Crippen LogP contribution in [-0.2, 0) is 22.5 Å². The number of fused-ring (bicyclic) bond motifs is 1. The molecule has 0 aliphatic carbocycles. The van der Waals surface area contributed by atoms with Crippen LogP contribution in [-0.4, -0.2) is 48.0 Å². The predicted molar refractivity (Wildman–Crippen MR) is 99.6 cm³/mol. The number of morpholine rings is 1. The van der Waals surface area contributed by atoms with E-state index in [4.69, 9.17) is 4.74 Å². The summed E-state index contributed by atoms with van der Waals surface area (Å²) in [7, 11) is 0. The van der Waals surface area contributed by atoms with Crippen molar-refractivity contribution in [2.45, 2.75) is 32.1 Å². The molecule has 0 radical (unpaired) electrons. The minimum absolute atomic E-state index is 0.0441. The van der Waals surface area contributed by atoms with Gasteiger partial charge in [-0.25, -0.2) is 0 Å². The largest absolute Gasteiger partial charge is 0.368 e. The number of hydrogen-bond acceptors (Lipinski definition) is 4. The fourth-order valence-electron chi connectivity index (χ4n) is 3.77. The molecule has 4 nitrogen and oxygen atoms in total. The summed E-state index contributed by atoms with van der Waals surface area (Å²) in [5.41, 5.74) is 2.51. The summed E-state index contributed by atoms with van der Waals surface area (Å²) in [6.07, 6.45) is 1.17. The third-order valence-electron chi connectivity index (χ3n) is 5.03. The lowest BCUT2D eigenvalue weighted by molar-refractivity contribution is -0.137. The highest BCUT2D eigenvalue weighted by Crippen LogP contribution is 2.26. The van der Waals surface area contributed by atoms with Crippen molar-refractivity contribution < 1.29 is 9.53 Å². The number of amides is 1. The van der Waals surface area contributed by atoms with E-state index < -0.39 is 0 Å². The third kappa shape index (κ3) is 3.78. The minimum Gasteiger partial charge on any atom is -0.368 e. The van der Waals surface area contributed by atoms with Crippen molar-refractivity contribution in [2.75, 3.05) is 26.2 Å². The van der Waals surface area contributed by atoms with Gasteiger partial charge in [0, 0.05) is 31.1 Å². The zero-order valence-electron chi connectivity index (χ0n) is 14.6. The van der Waals surface area contributed by atoms with Crippen LogP contribution in [0.4, 0.5) is 0 Å². The average molecular weight is 356 g/mol. The molecule has 1 aromatic heterocycles. The van der Waals surface area contributed by atoms with Gasteiger partial charge in [-0.15, -0.1) is 11.3 Å². The van der Waals surface area contributed by atoms with Crippen LogP contribution in [0.1, 0.15) is 29.0 Å². The van der Waals surface area contributed by atoms with Crippen LogP contribution in [0.3, 0.4) is 0 Å². The minimum atomic E-state index is 0.0441. The maximum atomic E-state index is 12.8. The number of carbonyl (C=O) groups is 1. The normalized spacial score (nSPS) is 24.1. The van der Waals surface area contributed by atoms with Crippen molar-refractivity contribution in [3.63, 3.8) is 0 Å². The first kappa shape index (κ1) is 16.8. The van der Waals surface area contributed by atoms with Gasteiger partial charge in [-0.1, -0.05) is 30.3 Å². The fraction of sp³-hybridized carbons (Fsp3) is 0.450. The van der Waals surface area contributed by atoms with Gasteiger partial charge in [0.25, 0.3) is 0 Å². The van der Waals surface area contributed by atoms with Gasteiger partial charge in [-0.3, -0.25) is 9.69 Å². The Labute approximate surface area is 153 Å². The molecule has 0 saturated carbocycles. The topological polar surface area (TPSA) is 32.8 Å². The van der Waals surface area contributed by atoms with Gasteiger partial charge in [-0.05, 0) is 35.9 Å². The van der Waals surface area contributed by atoms with Crippen LogP contribution in [0.2, 0.25) is 0 Å². The molecule has 2 atom stereocenters. The van der Waals surface area contributed by atoms with Crippen molar-refractivity contribution in [3.05, 3.63) is 57.8 Å². The van der Waals surface area contributed by atoms with Crippen LogP contribution < -0.4 is 0 Å². The van der Waals surface area contributed by atoms with E-state index >= 15 is 0 Å². The molecule has 4 rings (SSSR count). The molecule has 1 aromatic carbocycles. The first-order valence-corrected chi connectivity index (χ1v) is 9.83. The van der Waals surface area contributed by atoms with Crippen molar-refractivity contribution in [1.82, 2.24) is 9.80 Å². The summed E-state index contributed by atoms with van der Waals surface area (Å²) in [5.74, 6) is 0.234. The average Bonchev–Trinajstić information content (AvgIpc) is 3.09. The molecule has 2 aromatic rings. The van der Waals surface area contributed by atoms with E-state index in [1.807, 2.05) is 34.4 Å². The first-order chi connectivity index (χ1) is 12.2. The highest BCUT2D eigenvalue weighted by molar-refractivity contribution is 7.10. The zero-order chi connectivity index (χ0) is 17.2. The Kier molecular flexibility index (Phi) is 4.88. The number of benzene rings is 1. The summed E-state index contributed by atoms with van der Waals surface area (Å²) >= 11 is 1.81. The monoisotopic (exact) mass is 356 g/mol. The van der Waals surface area contributed by atoms with Gasteiger partial charge >= 0.3 is 0 Å². The van der Waals surface area contributed by atoms with E-state index in [1.54, 1.807) is 0 Å². The van der Waals surface area contributed by atoms with Gasteiger partial charge in [0.2, 0.25) is 5.91 Å². The lowest BCUT2D eigenvalue weighted by atomic mass is 10.1. The molecule has 1 fully saturated rings. The summed E-state index contributed by atoms with van der Waals surface area (Å²) in [5, 5.41) is 2.13. The molecular formula is C20H24N2O2S. The third-order valence-corrected chi connectivity index (χ3v) is 6.05. The Balaban J connectivity index is 1.39. The van der Waals surface area contributed by atoms with E-state index in [-0.39, 0.29) is 18.1 Å². The number of rotatable bonds is 3. The lowest BCUT2D eigenvalue weighted by Gasteiger charge is -2.38. The molecule has 2 aliphatic rings. The van der Waals surface area contributed by atoms with E-state index in [0.717, 1.165) is 32.6 Å². The second-order valence-corrected chi connectivity index (χ2v) is 7.98. The Morgan fingerprint density at radius 2 is 2.08 bits per heavy atom. The Morgan fingerprint density at radius 3 is 2.92 bits per heavy atom. The summed E-state index contributed by atoms with van der Waals surface area (Å²) in [6.45, 7) is 5.76. The van der Waals surface area contributed by atoms with Crippen LogP contribution in [0, 0.1) is 0 Å². The SMILES string of the molecule is CC1CN(CC(=O)N2CCc3sccc3C2)CC(c2ccccc2)O1. The van der Waals surface area contributed by atoms with Crippen molar-refractivity contribution >= 4 is 17.2 Å². The Hall–Kier alpha value is -1.69. The molecule has 25 heavy (non-hydrogen) atoms.